The fraction of sp³-hybridized carbons (Fsp3) is 0.750. The first-order chi connectivity index (χ1) is 3.00. The van der Waals surface area contributed by atoms with Gasteiger partial charge in [0.25, 0.3) is 0 Å². The molecule has 0 saturated carbocycles. The molecule has 1 radical (unpaired) electrons. The van der Waals surface area contributed by atoms with Crippen LogP contribution in [0.1, 0.15) is 0 Å². The maximum Gasteiger partial charge on any atom is 0.0359 e. The lowest BCUT2D eigenvalue weighted by Gasteiger charge is -2.10. The van der Waals surface area contributed by atoms with Crippen molar-refractivity contribution in [3.63, 3.8) is 0 Å². The first kappa shape index (κ1) is 4.09. The number of nitrogens with one attached hydrogen (secondary N) is 2. The molecule has 0 aliphatic carbocycles. The molecule has 0 spiro atoms. The topological polar surface area (TPSA) is 24.1 Å². The number of piperazine rings is 1. The summed E-state index contributed by atoms with van der Waals surface area (Å²) in [4.78, 5) is 0. The Morgan fingerprint density at radius 1 is 1.33 bits per heavy atom. The summed E-state index contributed by atoms with van der Waals surface area (Å²) in [6, 6.07) is 0. The molecule has 2 N–H and O–H groups in total. The third kappa shape index (κ3) is 0.954. The van der Waals surface area contributed by atoms with Crippen LogP contribution in [0.3, 0.4) is 0 Å². The third-order valence-corrected chi connectivity index (χ3v) is 0.837. The molecule has 2 heteroatoms. The summed E-state index contributed by atoms with van der Waals surface area (Å²) in [5.41, 5.74) is 0. The van der Waals surface area contributed by atoms with Gasteiger partial charge in [-0.3, -0.25) is 0 Å². The zero-order valence-corrected chi connectivity index (χ0v) is 3.70. The lowest BCUT2D eigenvalue weighted by molar-refractivity contribution is 0.591. The summed E-state index contributed by atoms with van der Waals surface area (Å²) in [6.45, 7) is 5.24. The van der Waals surface area contributed by atoms with E-state index in [9.17, 15) is 0 Å². The van der Waals surface area contributed by atoms with Gasteiger partial charge in [0.05, 0.1) is 0 Å². The summed E-state index contributed by atoms with van der Waals surface area (Å²) in [6.07, 6.45) is 0. The molecule has 0 bridgehead atoms. The van der Waals surface area contributed by atoms with Gasteiger partial charge in [-0.05, 0) is 0 Å². The van der Waals surface area contributed by atoms with Crippen molar-refractivity contribution in [1.82, 2.24) is 10.6 Å². The summed E-state index contributed by atoms with van der Waals surface area (Å²) in [5.74, 6) is 0. The fourth-order valence-corrected chi connectivity index (χ4v) is 0.509. The highest BCUT2D eigenvalue weighted by molar-refractivity contribution is 4.71. The fourth-order valence-electron chi connectivity index (χ4n) is 0.509. The Bertz CT molecular complexity index is 21.0. The van der Waals surface area contributed by atoms with Crippen LogP contribution in [-0.2, 0) is 0 Å². The first-order valence-corrected chi connectivity index (χ1v) is 2.26. The van der Waals surface area contributed by atoms with Crippen LogP contribution in [0.4, 0.5) is 0 Å². The van der Waals surface area contributed by atoms with E-state index < -0.39 is 0 Å². The van der Waals surface area contributed by atoms with Gasteiger partial charge in [-0.25, -0.2) is 0 Å². The highest BCUT2D eigenvalue weighted by Crippen LogP contribution is 1.71. The molecule has 0 atom stereocenters. The molecule has 0 aromatic rings. The van der Waals surface area contributed by atoms with Gasteiger partial charge in [-0.2, -0.15) is 0 Å². The Morgan fingerprint density at radius 3 is 2.50 bits per heavy atom. The van der Waals surface area contributed by atoms with Gasteiger partial charge in [0, 0.05) is 26.2 Å². The molecule has 0 amide bonds. The van der Waals surface area contributed by atoms with E-state index in [1.807, 2.05) is 6.54 Å². The predicted octanol–water partition coefficient (Wildman–Crippen LogP) is -0.659. The Balaban J connectivity index is 2.00. The van der Waals surface area contributed by atoms with Crippen molar-refractivity contribution in [3.8, 4) is 0 Å². The van der Waals surface area contributed by atoms with E-state index in [0.29, 0.717) is 0 Å². The zero-order valence-electron chi connectivity index (χ0n) is 3.70. The van der Waals surface area contributed by atoms with E-state index in [0.717, 1.165) is 19.6 Å². The van der Waals surface area contributed by atoms with Gasteiger partial charge in [0.15, 0.2) is 0 Å². The van der Waals surface area contributed by atoms with Gasteiger partial charge in [-0.1, -0.05) is 0 Å². The lowest BCUT2D eigenvalue weighted by atomic mass is 10.4. The second-order valence-corrected chi connectivity index (χ2v) is 1.36. The summed E-state index contributed by atoms with van der Waals surface area (Å²) in [5, 5.41) is 6.26. The van der Waals surface area contributed by atoms with Crippen molar-refractivity contribution in [2.45, 2.75) is 0 Å². The minimum absolute atomic E-state index is 1.01. The third-order valence-electron chi connectivity index (χ3n) is 0.837. The highest BCUT2D eigenvalue weighted by Gasteiger charge is 1.92. The zero-order chi connectivity index (χ0) is 4.24. The van der Waals surface area contributed by atoms with E-state index >= 15 is 0 Å². The SMILES string of the molecule is [CH]1CNCCN1. The molecule has 0 aromatic carbocycles. The van der Waals surface area contributed by atoms with Crippen molar-refractivity contribution in [1.29, 1.82) is 0 Å². The van der Waals surface area contributed by atoms with E-state index in [1.54, 1.807) is 0 Å². The quantitative estimate of drug-likeness (QED) is 0.408. The van der Waals surface area contributed by atoms with E-state index in [-0.39, 0.29) is 0 Å². The van der Waals surface area contributed by atoms with Crippen LogP contribution < -0.4 is 10.6 Å². The molecule has 1 aliphatic heterocycles. The number of hydrogen-bond acceptors (Lipinski definition) is 2. The van der Waals surface area contributed by atoms with E-state index in [4.69, 9.17) is 0 Å². The van der Waals surface area contributed by atoms with Crippen molar-refractivity contribution in [3.05, 3.63) is 6.54 Å². The van der Waals surface area contributed by atoms with Crippen molar-refractivity contribution >= 4 is 0 Å². The summed E-state index contributed by atoms with van der Waals surface area (Å²) < 4.78 is 0. The lowest BCUT2D eigenvalue weighted by Crippen LogP contribution is -2.35. The van der Waals surface area contributed by atoms with Gasteiger partial charge in [0.2, 0.25) is 0 Å². The van der Waals surface area contributed by atoms with Crippen LogP contribution in [0.25, 0.3) is 0 Å². The summed E-state index contributed by atoms with van der Waals surface area (Å²) >= 11 is 0. The normalized spacial score (nSPS) is 24.0. The first-order valence-electron chi connectivity index (χ1n) is 2.26. The molecule has 1 saturated heterocycles. The molecular weight excluding hydrogens is 76.1 g/mol. The van der Waals surface area contributed by atoms with E-state index in [1.165, 1.54) is 0 Å². The maximum atomic E-state index is 3.17. The molecule has 1 aliphatic rings. The highest BCUT2D eigenvalue weighted by atomic mass is 15.0. The van der Waals surface area contributed by atoms with Crippen molar-refractivity contribution in [2.24, 2.45) is 0 Å². The second-order valence-electron chi connectivity index (χ2n) is 1.36. The van der Waals surface area contributed by atoms with Gasteiger partial charge in [-0.15, -0.1) is 0 Å². The van der Waals surface area contributed by atoms with Gasteiger partial charge in [0.1, 0.15) is 0 Å². The standard InChI is InChI=1S/C4H9N2/c1-2-6-4-3-5-1/h1,5-6H,2-4H2. The van der Waals surface area contributed by atoms with Gasteiger partial charge >= 0.3 is 0 Å². The van der Waals surface area contributed by atoms with Gasteiger partial charge < -0.3 is 10.6 Å². The maximum absolute atomic E-state index is 3.17. The smallest absolute Gasteiger partial charge is 0.0359 e. The van der Waals surface area contributed by atoms with E-state index in [2.05, 4.69) is 10.6 Å². The van der Waals surface area contributed by atoms with Crippen LogP contribution in [0.5, 0.6) is 0 Å². The second kappa shape index (κ2) is 2.16. The Morgan fingerprint density at radius 2 is 2.33 bits per heavy atom. The molecule has 0 unspecified atom stereocenters. The summed E-state index contributed by atoms with van der Waals surface area (Å²) in [7, 11) is 0. The Hall–Kier alpha value is -0.0800. The molecule has 1 fully saturated rings. The molecule has 0 aromatic heterocycles. The largest absolute Gasteiger partial charge is 0.314 e. The van der Waals surface area contributed by atoms with Crippen LogP contribution >= 0.6 is 0 Å². The molecular formula is C4H9N2. The molecule has 6 heavy (non-hydrogen) atoms. The predicted molar refractivity (Wildman–Crippen MR) is 25.2 cm³/mol. The van der Waals surface area contributed by atoms with Crippen molar-refractivity contribution < 1.29 is 0 Å². The average molecular weight is 85.1 g/mol. The molecule has 1 rings (SSSR count). The molecule has 2 nitrogen and oxygen atoms in total. The minimum Gasteiger partial charge on any atom is -0.314 e. The molecule has 35 valence electrons. The van der Waals surface area contributed by atoms with Crippen molar-refractivity contribution in [2.75, 3.05) is 19.6 Å². The Kier molecular flexibility index (Phi) is 1.47. The Labute approximate surface area is 37.9 Å². The van der Waals surface area contributed by atoms with Crippen LogP contribution in [-0.4, -0.2) is 19.6 Å². The minimum atomic E-state index is 1.01. The average Bonchev–Trinajstić information content (AvgIpc) is 1.72. The number of rotatable bonds is 0. The van der Waals surface area contributed by atoms with Crippen LogP contribution in [0.2, 0.25) is 0 Å². The molecule has 1 heterocycles. The van der Waals surface area contributed by atoms with Crippen LogP contribution in [0, 0.1) is 6.54 Å². The number of hydrogen-bond donors (Lipinski definition) is 2. The van der Waals surface area contributed by atoms with Crippen LogP contribution in [0.15, 0.2) is 0 Å². The monoisotopic (exact) mass is 85.1 g/mol.